The summed E-state index contributed by atoms with van der Waals surface area (Å²) in [6, 6.07) is 5.21. The first-order valence-corrected chi connectivity index (χ1v) is 6.87. The van der Waals surface area contributed by atoms with E-state index in [-0.39, 0.29) is 11.2 Å². The van der Waals surface area contributed by atoms with E-state index in [0.717, 1.165) is 31.7 Å². The Labute approximate surface area is 117 Å². The molecule has 1 N–H and O–H groups in total. The van der Waals surface area contributed by atoms with E-state index in [1.165, 1.54) is 6.07 Å². The van der Waals surface area contributed by atoms with Crippen molar-refractivity contribution in [3.05, 3.63) is 34.1 Å². The molecular weight excluding hydrogens is 297 g/mol. The highest BCUT2D eigenvalue weighted by atomic mass is 79.9. The van der Waals surface area contributed by atoms with E-state index in [4.69, 9.17) is 4.74 Å². The third-order valence-corrected chi connectivity index (χ3v) is 3.36. The lowest BCUT2D eigenvalue weighted by molar-refractivity contribution is 0.194. The number of methoxy groups -OCH3 is 1. The third kappa shape index (κ3) is 5.46. The van der Waals surface area contributed by atoms with Gasteiger partial charge in [0.1, 0.15) is 5.82 Å². The summed E-state index contributed by atoms with van der Waals surface area (Å²) < 4.78 is 18.7. The quantitative estimate of drug-likeness (QED) is 0.778. The molecule has 102 valence electrons. The molecule has 1 aromatic rings. The number of hydrogen-bond acceptors (Lipinski definition) is 2. The van der Waals surface area contributed by atoms with Crippen molar-refractivity contribution in [1.29, 1.82) is 0 Å². The molecule has 0 bridgehead atoms. The lowest BCUT2D eigenvalue weighted by Crippen LogP contribution is -2.33. The van der Waals surface area contributed by atoms with Gasteiger partial charge in [-0.1, -0.05) is 19.9 Å². The molecule has 0 unspecified atom stereocenters. The fourth-order valence-electron chi connectivity index (χ4n) is 1.87. The predicted octanol–water partition coefficient (Wildman–Crippen LogP) is 3.39. The number of benzene rings is 1. The molecule has 0 saturated carbocycles. The Morgan fingerprint density at radius 2 is 2.11 bits per heavy atom. The highest BCUT2D eigenvalue weighted by Crippen LogP contribution is 2.24. The predicted molar refractivity (Wildman–Crippen MR) is 76.3 cm³/mol. The molecule has 0 aliphatic carbocycles. The zero-order chi connectivity index (χ0) is 13.6. The smallest absolute Gasteiger partial charge is 0.137 e. The van der Waals surface area contributed by atoms with Gasteiger partial charge in [-0.05, 0) is 45.5 Å². The van der Waals surface area contributed by atoms with E-state index < -0.39 is 0 Å². The van der Waals surface area contributed by atoms with Gasteiger partial charge < -0.3 is 10.1 Å². The Balaban J connectivity index is 2.50. The van der Waals surface area contributed by atoms with Crippen LogP contribution in [0.5, 0.6) is 0 Å². The zero-order valence-electron chi connectivity index (χ0n) is 11.2. The Bertz CT molecular complexity index is 382. The van der Waals surface area contributed by atoms with Crippen molar-refractivity contribution >= 4 is 15.9 Å². The summed E-state index contributed by atoms with van der Waals surface area (Å²) in [7, 11) is 1.70. The molecule has 0 amide bonds. The SMILES string of the molecule is COCCNCC(C)(C)Cc1ccc(F)c(Br)c1. The van der Waals surface area contributed by atoms with Gasteiger partial charge in [0.15, 0.2) is 0 Å². The third-order valence-electron chi connectivity index (χ3n) is 2.75. The topological polar surface area (TPSA) is 21.3 Å². The van der Waals surface area contributed by atoms with Crippen molar-refractivity contribution in [3.8, 4) is 0 Å². The van der Waals surface area contributed by atoms with E-state index in [1.807, 2.05) is 12.1 Å². The molecule has 2 nitrogen and oxygen atoms in total. The molecule has 1 aromatic carbocycles. The van der Waals surface area contributed by atoms with Crippen molar-refractivity contribution < 1.29 is 9.13 Å². The largest absolute Gasteiger partial charge is 0.383 e. The van der Waals surface area contributed by atoms with Gasteiger partial charge in [0.2, 0.25) is 0 Å². The van der Waals surface area contributed by atoms with Crippen LogP contribution in [0.3, 0.4) is 0 Å². The second-order valence-corrected chi connectivity index (χ2v) is 6.11. The Kier molecular flexibility index (Phi) is 6.26. The monoisotopic (exact) mass is 317 g/mol. The molecule has 0 aliphatic rings. The Hall–Kier alpha value is -0.450. The molecule has 0 saturated heterocycles. The van der Waals surface area contributed by atoms with Gasteiger partial charge in [0.25, 0.3) is 0 Å². The summed E-state index contributed by atoms with van der Waals surface area (Å²) in [5.41, 5.74) is 1.27. The van der Waals surface area contributed by atoms with E-state index in [0.29, 0.717) is 4.47 Å². The van der Waals surface area contributed by atoms with Gasteiger partial charge in [-0.3, -0.25) is 0 Å². The maximum atomic E-state index is 13.1. The fourth-order valence-corrected chi connectivity index (χ4v) is 2.29. The summed E-state index contributed by atoms with van der Waals surface area (Å²) in [5.74, 6) is -0.213. The summed E-state index contributed by atoms with van der Waals surface area (Å²) in [5, 5.41) is 3.36. The van der Waals surface area contributed by atoms with Crippen molar-refractivity contribution in [1.82, 2.24) is 5.32 Å². The van der Waals surface area contributed by atoms with Crippen LogP contribution in [0, 0.1) is 11.2 Å². The molecule has 4 heteroatoms. The van der Waals surface area contributed by atoms with E-state index in [9.17, 15) is 4.39 Å². The zero-order valence-corrected chi connectivity index (χ0v) is 12.8. The van der Waals surface area contributed by atoms with E-state index in [2.05, 4.69) is 35.1 Å². The van der Waals surface area contributed by atoms with Crippen molar-refractivity contribution in [2.45, 2.75) is 20.3 Å². The minimum Gasteiger partial charge on any atom is -0.383 e. The maximum Gasteiger partial charge on any atom is 0.137 e. The van der Waals surface area contributed by atoms with Crippen molar-refractivity contribution in [2.24, 2.45) is 5.41 Å². The molecule has 0 aliphatic heterocycles. The van der Waals surface area contributed by atoms with E-state index in [1.54, 1.807) is 7.11 Å². The Morgan fingerprint density at radius 3 is 2.72 bits per heavy atom. The van der Waals surface area contributed by atoms with Crippen LogP contribution >= 0.6 is 15.9 Å². The molecule has 0 aromatic heterocycles. The molecule has 0 radical (unpaired) electrons. The number of ether oxygens (including phenoxy) is 1. The minimum absolute atomic E-state index is 0.130. The first-order chi connectivity index (χ1) is 8.44. The van der Waals surface area contributed by atoms with Gasteiger partial charge in [-0.25, -0.2) is 4.39 Å². The van der Waals surface area contributed by atoms with Crippen LogP contribution in [0.15, 0.2) is 22.7 Å². The number of halogens is 2. The van der Waals surface area contributed by atoms with Gasteiger partial charge in [0, 0.05) is 20.2 Å². The standard InChI is InChI=1S/C14H21BrFNO/c1-14(2,10-17-6-7-18-3)9-11-4-5-13(16)12(15)8-11/h4-5,8,17H,6-7,9-10H2,1-3H3. The average molecular weight is 318 g/mol. The van der Waals surface area contributed by atoms with Crippen molar-refractivity contribution in [2.75, 3.05) is 26.8 Å². The van der Waals surface area contributed by atoms with Gasteiger partial charge in [-0.2, -0.15) is 0 Å². The van der Waals surface area contributed by atoms with E-state index >= 15 is 0 Å². The molecule has 0 heterocycles. The molecule has 18 heavy (non-hydrogen) atoms. The summed E-state index contributed by atoms with van der Waals surface area (Å²) in [4.78, 5) is 0. The molecular formula is C14H21BrFNO. The molecule has 0 spiro atoms. The van der Waals surface area contributed by atoms with Crippen LogP contribution in [0.25, 0.3) is 0 Å². The van der Waals surface area contributed by atoms with Crippen LogP contribution in [-0.2, 0) is 11.2 Å². The highest BCUT2D eigenvalue weighted by molar-refractivity contribution is 9.10. The summed E-state index contributed by atoms with van der Waals surface area (Å²) >= 11 is 3.22. The van der Waals surface area contributed by atoms with Crippen LogP contribution in [-0.4, -0.2) is 26.8 Å². The molecule has 0 fully saturated rings. The number of hydrogen-bond donors (Lipinski definition) is 1. The molecule has 1 rings (SSSR count). The van der Waals surface area contributed by atoms with Crippen LogP contribution < -0.4 is 5.32 Å². The lowest BCUT2D eigenvalue weighted by Gasteiger charge is -2.25. The average Bonchev–Trinajstić information content (AvgIpc) is 2.29. The fraction of sp³-hybridized carbons (Fsp3) is 0.571. The van der Waals surface area contributed by atoms with Crippen molar-refractivity contribution in [3.63, 3.8) is 0 Å². The Morgan fingerprint density at radius 1 is 1.39 bits per heavy atom. The van der Waals surface area contributed by atoms with Crippen LogP contribution in [0.4, 0.5) is 4.39 Å². The first kappa shape index (κ1) is 15.6. The summed E-state index contributed by atoms with van der Waals surface area (Å²) in [6.45, 7) is 6.88. The molecule has 0 atom stereocenters. The normalized spacial score (nSPS) is 11.8. The highest BCUT2D eigenvalue weighted by Gasteiger charge is 2.18. The maximum absolute atomic E-state index is 13.1. The second-order valence-electron chi connectivity index (χ2n) is 5.26. The first-order valence-electron chi connectivity index (χ1n) is 6.08. The number of nitrogens with one attached hydrogen (secondary N) is 1. The number of rotatable bonds is 7. The van der Waals surface area contributed by atoms with Gasteiger partial charge in [-0.15, -0.1) is 0 Å². The van der Waals surface area contributed by atoms with Gasteiger partial charge in [0.05, 0.1) is 11.1 Å². The lowest BCUT2D eigenvalue weighted by atomic mass is 9.85. The summed E-state index contributed by atoms with van der Waals surface area (Å²) in [6.07, 6.45) is 0.909. The minimum atomic E-state index is -0.213. The van der Waals surface area contributed by atoms with Gasteiger partial charge >= 0.3 is 0 Å². The second kappa shape index (κ2) is 7.22. The van der Waals surface area contributed by atoms with Crippen LogP contribution in [0.2, 0.25) is 0 Å². The van der Waals surface area contributed by atoms with Crippen LogP contribution in [0.1, 0.15) is 19.4 Å².